The van der Waals surface area contributed by atoms with Gasteiger partial charge in [0.2, 0.25) is 0 Å². The van der Waals surface area contributed by atoms with Gasteiger partial charge in [0.05, 0.1) is 17.3 Å². The molecule has 2 N–H and O–H groups in total. The molecule has 0 saturated heterocycles. The minimum Gasteiger partial charge on any atom is -0.478 e. The summed E-state index contributed by atoms with van der Waals surface area (Å²) >= 11 is 5.86. The topological polar surface area (TPSA) is 75.4 Å². The lowest BCUT2D eigenvalue weighted by molar-refractivity contribution is 0.0698. The Balaban J connectivity index is 2.19. The van der Waals surface area contributed by atoms with Crippen molar-refractivity contribution in [3.63, 3.8) is 0 Å². The third-order valence-electron chi connectivity index (χ3n) is 2.36. The number of rotatable bonds is 4. The van der Waals surface area contributed by atoms with Crippen LogP contribution in [0.4, 0.5) is 5.69 Å². The predicted octanol–water partition coefficient (Wildman–Crippen LogP) is 2.95. The van der Waals surface area contributed by atoms with Gasteiger partial charge in [-0.15, -0.1) is 0 Å². The van der Waals surface area contributed by atoms with E-state index in [0.717, 1.165) is 0 Å². The van der Waals surface area contributed by atoms with Crippen molar-refractivity contribution in [3.05, 3.63) is 46.3 Å². The summed E-state index contributed by atoms with van der Waals surface area (Å²) in [5.74, 6) is -0.365. The molecular weight excluding hydrogens is 256 g/mol. The molecule has 0 atom stereocenters. The largest absolute Gasteiger partial charge is 0.478 e. The SMILES string of the molecule is Cc1cc(CNc2cccc(Cl)c2C(=O)O)no1. The highest BCUT2D eigenvalue weighted by Crippen LogP contribution is 2.24. The van der Waals surface area contributed by atoms with Gasteiger partial charge in [-0.3, -0.25) is 0 Å². The molecule has 94 valence electrons. The fourth-order valence-corrected chi connectivity index (χ4v) is 1.83. The molecule has 0 radical (unpaired) electrons. The highest BCUT2D eigenvalue weighted by atomic mass is 35.5. The van der Waals surface area contributed by atoms with Gasteiger partial charge >= 0.3 is 5.97 Å². The Kier molecular flexibility index (Phi) is 3.53. The maximum atomic E-state index is 11.1. The molecule has 0 aliphatic heterocycles. The maximum Gasteiger partial charge on any atom is 0.339 e. The maximum absolute atomic E-state index is 11.1. The minimum atomic E-state index is -1.07. The van der Waals surface area contributed by atoms with Gasteiger partial charge in [0.1, 0.15) is 17.0 Å². The Labute approximate surface area is 108 Å². The van der Waals surface area contributed by atoms with Gasteiger partial charge < -0.3 is 14.9 Å². The first-order chi connectivity index (χ1) is 8.58. The number of nitrogens with zero attached hydrogens (tertiary/aromatic N) is 1. The number of nitrogens with one attached hydrogen (secondary N) is 1. The van der Waals surface area contributed by atoms with Gasteiger partial charge in [0.25, 0.3) is 0 Å². The molecule has 2 rings (SSSR count). The molecule has 0 fully saturated rings. The molecule has 6 heteroatoms. The van der Waals surface area contributed by atoms with Crippen LogP contribution in [0.2, 0.25) is 5.02 Å². The number of carboxylic acids is 1. The summed E-state index contributed by atoms with van der Waals surface area (Å²) in [5.41, 5.74) is 1.21. The Morgan fingerprint density at radius 2 is 2.33 bits per heavy atom. The number of halogens is 1. The third-order valence-corrected chi connectivity index (χ3v) is 2.68. The molecule has 5 nitrogen and oxygen atoms in total. The Morgan fingerprint density at radius 3 is 2.94 bits per heavy atom. The minimum absolute atomic E-state index is 0.0550. The van der Waals surface area contributed by atoms with E-state index >= 15 is 0 Å². The third kappa shape index (κ3) is 2.62. The number of hydrogen-bond donors (Lipinski definition) is 2. The summed E-state index contributed by atoms with van der Waals surface area (Å²) < 4.78 is 4.92. The zero-order valence-corrected chi connectivity index (χ0v) is 10.4. The van der Waals surface area contributed by atoms with Gasteiger partial charge in [-0.1, -0.05) is 22.8 Å². The van der Waals surface area contributed by atoms with Crippen LogP contribution in [0, 0.1) is 6.92 Å². The van der Waals surface area contributed by atoms with Crippen molar-refractivity contribution in [2.45, 2.75) is 13.5 Å². The van der Waals surface area contributed by atoms with Crippen molar-refractivity contribution < 1.29 is 14.4 Å². The van der Waals surface area contributed by atoms with Crippen LogP contribution in [0.25, 0.3) is 0 Å². The number of aromatic carboxylic acids is 1. The quantitative estimate of drug-likeness (QED) is 0.890. The molecule has 1 aromatic heterocycles. The normalized spacial score (nSPS) is 10.3. The first-order valence-electron chi connectivity index (χ1n) is 5.26. The molecule has 0 spiro atoms. The molecule has 0 aliphatic carbocycles. The Morgan fingerprint density at radius 1 is 1.56 bits per heavy atom. The first kappa shape index (κ1) is 12.4. The monoisotopic (exact) mass is 266 g/mol. The van der Waals surface area contributed by atoms with Gasteiger partial charge in [0.15, 0.2) is 0 Å². The fraction of sp³-hybridized carbons (Fsp3) is 0.167. The van der Waals surface area contributed by atoms with Crippen molar-refractivity contribution in [1.29, 1.82) is 0 Å². The van der Waals surface area contributed by atoms with Crippen LogP contribution < -0.4 is 5.32 Å². The van der Waals surface area contributed by atoms with Crippen LogP contribution in [0.1, 0.15) is 21.8 Å². The van der Waals surface area contributed by atoms with E-state index < -0.39 is 5.97 Å². The van der Waals surface area contributed by atoms with Gasteiger partial charge in [0, 0.05) is 6.07 Å². The van der Waals surface area contributed by atoms with Crippen LogP contribution in [0.5, 0.6) is 0 Å². The average molecular weight is 267 g/mol. The Hall–Kier alpha value is -2.01. The molecule has 0 aliphatic rings. The summed E-state index contributed by atoms with van der Waals surface area (Å²) in [6, 6.07) is 6.65. The number of hydrogen-bond acceptors (Lipinski definition) is 4. The summed E-state index contributed by atoms with van der Waals surface area (Å²) in [7, 11) is 0. The van der Waals surface area contributed by atoms with Crippen molar-refractivity contribution in [2.75, 3.05) is 5.32 Å². The van der Waals surface area contributed by atoms with Crippen molar-refractivity contribution in [2.24, 2.45) is 0 Å². The van der Waals surface area contributed by atoms with Crippen LogP contribution in [-0.4, -0.2) is 16.2 Å². The molecule has 0 saturated carbocycles. The molecular formula is C12H11ClN2O3. The van der Waals surface area contributed by atoms with E-state index in [9.17, 15) is 4.79 Å². The fourth-order valence-electron chi connectivity index (χ4n) is 1.58. The van der Waals surface area contributed by atoms with Crippen LogP contribution in [-0.2, 0) is 6.54 Å². The number of carboxylic acid groups (broad SMARTS) is 1. The average Bonchev–Trinajstić information content (AvgIpc) is 2.72. The van der Waals surface area contributed by atoms with Crippen LogP contribution >= 0.6 is 11.6 Å². The van der Waals surface area contributed by atoms with Crippen LogP contribution in [0.15, 0.2) is 28.8 Å². The van der Waals surface area contributed by atoms with E-state index in [-0.39, 0.29) is 10.6 Å². The van der Waals surface area contributed by atoms with Crippen LogP contribution in [0.3, 0.4) is 0 Å². The highest BCUT2D eigenvalue weighted by molar-refractivity contribution is 6.34. The van der Waals surface area contributed by atoms with E-state index in [0.29, 0.717) is 23.7 Å². The second-order valence-corrected chi connectivity index (χ2v) is 4.16. The number of aromatic nitrogens is 1. The number of benzene rings is 1. The zero-order valence-electron chi connectivity index (χ0n) is 9.61. The van der Waals surface area contributed by atoms with Gasteiger partial charge in [-0.25, -0.2) is 4.79 Å². The molecule has 0 unspecified atom stereocenters. The lowest BCUT2D eigenvalue weighted by Gasteiger charge is -2.09. The van der Waals surface area contributed by atoms with E-state index in [1.807, 2.05) is 0 Å². The lowest BCUT2D eigenvalue weighted by atomic mass is 10.1. The molecule has 0 amide bonds. The first-order valence-corrected chi connectivity index (χ1v) is 5.63. The molecule has 0 bridgehead atoms. The standard InChI is InChI=1S/C12H11ClN2O3/c1-7-5-8(15-18-7)6-14-10-4-2-3-9(13)11(10)12(16)17/h2-5,14H,6H2,1H3,(H,16,17). The second-order valence-electron chi connectivity index (χ2n) is 3.75. The number of carbonyl (C=O) groups is 1. The predicted molar refractivity (Wildman–Crippen MR) is 67.0 cm³/mol. The van der Waals surface area contributed by atoms with E-state index in [2.05, 4.69) is 10.5 Å². The van der Waals surface area contributed by atoms with E-state index in [4.69, 9.17) is 21.2 Å². The number of anilines is 1. The van der Waals surface area contributed by atoms with E-state index in [1.54, 1.807) is 25.1 Å². The highest BCUT2D eigenvalue weighted by Gasteiger charge is 2.14. The molecule has 2 aromatic rings. The van der Waals surface area contributed by atoms with Gasteiger partial charge in [-0.2, -0.15) is 0 Å². The second kappa shape index (κ2) is 5.10. The molecule has 1 heterocycles. The zero-order chi connectivity index (χ0) is 13.1. The Bertz CT molecular complexity index is 580. The molecule has 18 heavy (non-hydrogen) atoms. The number of aryl methyl sites for hydroxylation is 1. The van der Waals surface area contributed by atoms with Crippen molar-refractivity contribution in [3.8, 4) is 0 Å². The van der Waals surface area contributed by atoms with E-state index in [1.165, 1.54) is 6.07 Å². The summed E-state index contributed by atoms with van der Waals surface area (Å²) in [4.78, 5) is 11.1. The van der Waals surface area contributed by atoms with Gasteiger partial charge in [-0.05, 0) is 19.1 Å². The van der Waals surface area contributed by atoms with Crippen molar-refractivity contribution >= 4 is 23.3 Å². The molecule has 1 aromatic carbocycles. The summed E-state index contributed by atoms with van der Waals surface area (Å²) in [6.45, 7) is 2.16. The lowest BCUT2D eigenvalue weighted by Crippen LogP contribution is -2.07. The summed E-state index contributed by atoms with van der Waals surface area (Å²) in [6.07, 6.45) is 0. The van der Waals surface area contributed by atoms with Crippen molar-refractivity contribution in [1.82, 2.24) is 5.16 Å². The summed E-state index contributed by atoms with van der Waals surface area (Å²) in [5, 5.41) is 16.1. The smallest absolute Gasteiger partial charge is 0.339 e.